The zero-order valence-corrected chi connectivity index (χ0v) is 20.4. The van der Waals surface area contributed by atoms with Crippen molar-refractivity contribution < 1.29 is 24.2 Å². The molecule has 0 aliphatic carbocycles. The van der Waals surface area contributed by atoms with Crippen LogP contribution in [0.25, 0.3) is 0 Å². The summed E-state index contributed by atoms with van der Waals surface area (Å²) in [5.74, 6) is -2.10. The number of likely N-dealkylation sites (tertiary alicyclic amines) is 1. The van der Waals surface area contributed by atoms with E-state index in [1.165, 1.54) is 4.90 Å². The summed E-state index contributed by atoms with van der Waals surface area (Å²) in [7, 11) is 0. The molecule has 0 radical (unpaired) electrons. The number of carbonyl (C=O) groups excluding carboxylic acids is 3. The molecule has 2 unspecified atom stereocenters. The van der Waals surface area contributed by atoms with Gasteiger partial charge in [-0.1, -0.05) is 51.1 Å². The average Bonchev–Trinajstić information content (AvgIpc) is 3.46. The quantitative estimate of drug-likeness (QED) is 0.482. The van der Waals surface area contributed by atoms with Crippen LogP contribution >= 0.6 is 0 Å². The number of aliphatic hydroxyl groups excluding tert-OH is 1. The molecule has 34 heavy (non-hydrogen) atoms. The predicted octanol–water partition coefficient (Wildman–Crippen LogP) is 1.75. The molecule has 1 spiro atoms. The van der Waals surface area contributed by atoms with Crippen molar-refractivity contribution in [3.63, 3.8) is 0 Å². The third-order valence-corrected chi connectivity index (χ3v) is 8.08. The van der Waals surface area contributed by atoms with E-state index in [1.807, 2.05) is 51.1 Å². The highest BCUT2D eigenvalue weighted by Gasteiger charge is 2.79. The third kappa shape index (κ3) is 3.71. The number of hydrogen-bond acceptors (Lipinski definition) is 5. The Hall–Kier alpha value is -2.45. The molecule has 2 bridgehead atoms. The number of hydrogen-bond donors (Lipinski definition) is 3. The van der Waals surface area contributed by atoms with Crippen LogP contribution in [0.1, 0.15) is 58.4 Å². The fourth-order valence-corrected chi connectivity index (χ4v) is 6.40. The second-order valence-corrected chi connectivity index (χ2v) is 9.82. The topological polar surface area (TPSA) is 108 Å². The number of fused-ring (bicyclic) bond motifs is 1. The molecule has 3 aliphatic rings. The van der Waals surface area contributed by atoms with Crippen molar-refractivity contribution >= 4 is 17.7 Å². The van der Waals surface area contributed by atoms with Gasteiger partial charge in [0.05, 0.1) is 30.1 Å². The molecule has 186 valence electrons. The highest BCUT2D eigenvalue weighted by molar-refractivity contribution is 5.99. The Balaban J connectivity index is 1.71. The third-order valence-electron chi connectivity index (χ3n) is 8.08. The van der Waals surface area contributed by atoms with E-state index in [-0.39, 0.29) is 24.3 Å². The van der Waals surface area contributed by atoms with Gasteiger partial charge in [0.2, 0.25) is 17.7 Å². The fraction of sp³-hybridized carbons (Fsp3) is 0.654. The normalized spacial score (nSPS) is 32.5. The summed E-state index contributed by atoms with van der Waals surface area (Å²) < 4.78 is 6.69. The zero-order valence-electron chi connectivity index (χ0n) is 20.4. The first-order valence-electron chi connectivity index (χ1n) is 12.6. The standard InChI is InChI=1S/C26H37N3O5/c1-4-14-27-22(31)19-20-24(33)29(18(5-2)16-30)21(26(20)13-12-25(19,6-3)34-26)23(32)28-15-17-10-8-7-9-11-17/h7-11,18-21,30H,4-6,12-16H2,1-3H3,(H,27,31)(H,28,32)/t18-,19-,20-,21?,25+,26?/m0/s1. The van der Waals surface area contributed by atoms with Crippen LogP contribution in [-0.4, -0.2) is 64.2 Å². The van der Waals surface area contributed by atoms with Crippen LogP contribution in [0, 0.1) is 11.8 Å². The minimum atomic E-state index is -1.06. The van der Waals surface area contributed by atoms with Gasteiger partial charge in [-0.05, 0) is 37.7 Å². The van der Waals surface area contributed by atoms with Gasteiger partial charge < -0.3 is 25.4 Å². The summed E-state index contributed by atoms with van der Waals surface area (Å²) >= 11 is 0. The molecule has 1 aromatic carbocycles. The summed E-state index contributed by atoms with van der Waals surface area (Å²) in [5.41, 5.74) is -0.859. The molecule has 3 N–H and O–H groups in total. The second kappa shape index (κ2) is 9.66. The summed E-state index contributed by atoms with van der Waals surface area (Å²) in [5, 5.41) is 16.1. The highest BCUT2D eigenvalue weighted by Crippen LogP contribution is 2.64. The maximum atomic E-state index is 13.9. The van der Waals surface area contributed by atoms with Gasteiger partial charge in [-0.15, -0.1) is 0 Å². The number of nitrogens with one attached hydrogen (secondary N) is 2. The highest BCUT2D eigenvalue weighted by atomic mass is 16.5. The Bertz CT molecular complexity index is 920. The molecule has 0 saturated carbocycles. The van der Waals surface area contributed by atoms with E-state index in [0.29, 0.717) is 38.8 Å². The number of amides is 3. The first-order chi connectivity index (χ1) is 16.4. The van der Waals surface area contributed by atoms with Gasteiger partial charge in [0, 0.05) is 13.1 Å². The average molecular weight is 472 g/mol. The van der Waals surface area contributed by atoms with Gasteiger partial charge in [0.15, 0.2) is 0 Å². The molecular weight excluding hydrogens is 434 g/mol. The Morgan fingerprint density at radius 3 is 2.50 bits per heavy atom. The Morgan fingerprint density at radius 1 is 1.15 bits per heavy atom. The molecule has 8 nitrogen and oxygen atoms in total. The monoisotopic (exact) mass is 471 g/mol. The molecule has 3 aliphatic heterocycles. The van der Waals surface area contributed by atoms with Crippen LogP contribution in [0.5, 0.6) is 0 Å². The van der Waals surface area contributed by atoms with E-state index < -0.39 is 35.1 Å². The first kappa shape index (κ1) is 24.7. The van der Waals surface area contributed by atoms with Crippen molar-refractivity contribution in [3.8, 4) is 0 Å². The number of rotatable bonds is 10. The van der Waals surface area contributed by atoms with Crippen molar-refractivity contribution in [2.24, 2.45) is 11.8 Å². The lowest BCUT2D eigenvalue weighted by molar-refractivity contribution is -0.151. The molecule has 3 heterocycles. The second-order valence-electron chi connectivity index (χ2n) is 9.82. The van der Waals surface area contributed by atoms with E-state index in [0.717, 1.165) is 12.0 Å². The molecule has 0 aromatic heterocycles. The molecule has 1 aromatic rings. The summed E-state index contributed by atoms with van der Waals surface area (Å²) in [6.07, 6.45) is 3.05. The van der Waals surface area contributed by atoms with E-state index >= 15 is 0 Å². The lowest BCUT2D eigenvalue weighted by atomic mass is 9.65. The predicted molar refractivity (Wildman–Crippen MR) is 126 cm³/mol. The van der Waals surface area contributed by atoms with Crippen molar-refractivity contribution in [3.05, 3.63) is 35.9 Å². The molecular formula is C26H37N3O5. The maximum Gasteiger partial charge on any atom is 0.246 e. The van der Waals surface area contributed by atoms with Gasteiger partial charge in [0.25, 0.3) is 0 Å². The van der Waals surface area contributed by atoms with Gasteiger partial charge in [-0.3, -0.25) is 14.4 Å². The zero-order chi connectivity index (χ0) is 24.5. The minimum Gasteiger partial charge on any atom is -0.394 e. The van der Waals surface area contributed by atoms with Gasteiger partial charge >= 0.3 is 0 Å². The SMILES string of the molecule is CCCNC(=O)[C@@H]1[C@H]2C(=O)N([C@@H](CC)CO)C(C(=O)NCc3ccccc3)C23CC[C@@]1(CC)O3. The Labute approximate surface area is 201 Å². The molecule has 3 saturated heterocycles. The van der Waals surface area contributed by atoms with Crippen LogP contribution in [-0.2, 0) is 25.7 Å². The largest absolute Gasteiger partial charge is 0.394 e. The Kier molecular flexibility index (Phi) is 7.01. The summed E-state index contributed by atoms with van der Waals surface area (Å²) in [6, 6.07) is 8.19. The Morgan fingerprint density at radius 2 is 1.88 bits per heavy atom. The van der Waals surface area contributed by atoms with Crippen molar-refractivity contribution in [1.29, 1.82) is 0 Å². The lowest BCUT2D eigenvalue weighted by Gasteiger charge is -2.37. The smallest absolute Gasteiger partial charge is 0.246 e. The van der Waals surface area contributed by atoms with E-state index in [2.05, 4.69) is 10.6 Å². The fourth-order valence-electron chi connectivity index (χ4n) is 6.40. The van der Waals surface area contributed by atoms with Gasteiger partial charge in [-0.25, -0.2) is 0 Å². The van der Waals surface area contributed by atoms with Crippen LogP contribution in [0.2, 0.25) is 0 Å². The van der Waals surface area contributed by atoms with E-state index in [9.17, 15) is 19.5 Å². The van der Waals surface area contributed by atoms with Crippen molar-refractivity contribution in [2.45, 2.75) is 82.7 Å². The maximum absolute atomic E-state index is 13.9. The van der Waals surface area contributed by atoms with Gasteiger partial charge in [-0.2, -0.15) is 0 Å². The van der Waals surface area contributed by atoms with Gasteiger partial charge in [0.1, 0.15) is 11.6 Å². The molecule has 3 amide bonds. The number of benzene rings is 1. The van der Waals surface area contributed by atoms with Crippen molar-refractivity contribution in [2.75, 3.05) is 13.2 Å². The number of nitrogens with zero attached hydrogens (tertiary/aromatic N) is 1. The molecule has 8 heteroatoms. The number of aliphatic hydroxyl groups is 1. The summed E-state index contributed by atoms with van der Waals surface area (Å²) in [4.78, 5) is 42.5. The minimum absolute atomic E-state index is 0.175. The summed E-state index contributed by atoms with van der Waals surface area (Å²) in [6.45, 7) is 6.46. The molecule has 4 rings (SSSR count). The van der Waals surface area contributed by atoms with E-state index in [4.69, 9.17) is 4.74 Å². The van der Waals surface area contributed by atoms with Crippen LogP contribution in [0.15, 0.2) is 30.3 Å². The van der Waals surface area contributed by atoms with E-state index in [1.54, 1.807) is 0 Å². The molecule has 3 fully saturated rings. The van der Waals surface area contributed by atoms with Crippen molar-refractivity contribution in [1.82, 2.24) is 15.5 Å². The van der Waals surface area contributed by atoms with Crippen LogP contribution < -0.4 is 10.6 Å². The van der Waals surface area contributed by atoms with Crippen LogP contribution in [0.3, 0.4) is 0 Å². The molecule has 6 atom stereocenters. The van der Waals surface area contributed by atoms with Crippen LogP contribution in [0.4, 0.5) is 0 Å². The lowest BCUT2D eigenvalue weighted by Crippen LogP contribution is -2.57. The first-order valence-corrected chi connectivity index (χ1v) is 12.6. The number of carbonyl (C=O) groups is 3. The number of ether oxygens (including phenoxy) is 1.